The van der Waals surface area contributed by atoms with Crippen LogP contribution in [-0.4, -0.2) is 41.8 Å². The van der Waals surface area contributed by atoms with Gasteiger partial charge in [-0.25, -0.2) is 0 Å². The fraction of sp³-hybridized carbons (Fsp3) is 0.818. The summed E-state index contributed by atoms with van der Waals surface area (Å²) in [6, 6.07) is -0.168. The Morgan fingerprint density at radius 2 is 2.36 bits per heavy atom. The van der Waals surface area contributed by atoms with Crippen LogP contribution in [0.1, 0.15) is 26.7 Å². The number of aliphatic hydroxyl groups excluding tert-OH is 1. The Morgan fingerprint density at radius 3 is 2.79 bits per heavy atom. The Kier molecular flexibility index (Phi) is 4.58. The molecular formula is C11H22N2O. The molecule has 0 spiro atoms. The molecule has 0 saturated carbocycles. The number of hydrogen-bond acceptors (Lipinski definition) is 3. The lowest BCUT2D eigenvalue weighted by Gasteiger charge is -2.29. The van der Waals surface area contributed by atoms with Gasteiger partial charge in [0, 0.05) is 13.1 Å². The molecule has 82 valence electrons. The van der Waals surface area contributed by atoms with E-state index in [0.717, 1.165) is 26.1 Å². The molecule has 1 aliphatic heterocycles. The summed E-state index contributed by atoms with van der Waals surface area (Å²) in [5.41, 5.74) is 7.09. The zero-order chi connectivity index (χ0) is 10.6. The Hall–Kier alpha value is -0.380. The van der Waals surface area contributed by atoms with E-state index >= 15 is 0 Å². The average molecular weight is 198 g/mol. The first kappa shape index (κ1) is 11.7. The maximum atomic E-state index is 9.36. The summed E-state index contributed by atoms with van der Waals surface area (Å²) in [7, 11) is 0. The van der Waals surface area contributed by atoms with Crippen LogP contribution in [0.25, 0.3) is 0 Å². The first-order chi connectivity index (χ1) is 6.65. The molecule has 1 rings (SSSR count). The average Bonchev–Trinajstić information content (AvgIpc) is 2.18. The van der Waals surface area contributed by atoms with Gasteiger partial charge in [0.25, 0.3) is 0 Å². The van der Waals surface area contributed by atoms with Crippen LogP contribution in [0.3, 0.4) is 0 Å². The van der Waals surface area contributed by atoms with Crippen molar-refractivity contribution in [2.75, 3.05) is 19.6 Å². The summed E-state index contributed by atoms with van der Waals surface area (Å²) in [4.78, 5) is 2.41. The van der Waals surface area contributed by atoms with Gasteiger partial charge in [-0.2, -0.15) is 0 Å². The van der Waals surface area contributed by atoms with Crippen molar-refractivity contribution in [3.8, 4) is 0 Å². The summed E-state index contributed by atoms with van der Waals surface area (Å²) >= 11 is 0. The number of hydrogen-bond donors (Lipinski definition) is 2. The van der Waals surface area contributed by atoms with E-state index in [1.165, 1.54) is 12.0 Å². The van der Waals surface area contributed by atoms with Crippen molar-refractivity contribution in [1.29, 1.82) is 0 Å². The molecule has 3 N–H and O–H groups in total. The standard InChI is InChI=1S/C11H22N2O/c1-3-6-13-7-4-10(5-8-13)11(12)9(2)14/h4,9,11,14H,3,5-8,12H2,1-2H3. The van der Waals surface area contributed by atoms with Crippen molar-refractivity contribution >= 4 is 0 Å². The Labute approximate surface area is 86.6 Å². The van der Waals surface area contributed by atoms with E-state index in [2.05, 4.69) is 17.9 Å². The van der Waals surface area contributed by atoms with Gasteiger partial charge in [0.05, 0.1) is 12.1 Å². The van der Waals surface area contributed by atoms with Crippen molar-refractivity contribution in [3.63, 3.8) is 0 Å². The lowest BCUT2D eigenvalue weighted by molar-refractivity contribution is 0.171. The summed E-state index contributed by atoms with van der Waals surface area (Å²) in [5.74, 6) is 0. The largest absolute Gasteiger partial charge is 0.391 e. The van der Waals surface area contributed by atoms with Crippen LogP contribution in [0.2, 0.25) is 0 Å². The summed E-state index contributed by atoms with van der Waals surface area (Å²) in [6.45, 7) is 7.18. The summed E-state index contributed by atoms with van der Waals surface area (Å²) in [6.07, 6.45) is 3.95. The molecule has 1 aliphatic rings. The fourth-order valence-corrected chi connectivity index (χ4v) is 1.86. The van der Waals surface area contributed by atoms with E-state index in [1.807, 2.05) is 0 Å². The SMILES string of the molecule is CCCN1CC=C(C(N)C(C)O)CC1. The Bertz CT molecular complexity index is 201. The van der Waals surface area contributed by atoms with Gasteiger partial charge in [-0.3, -0.25) is 4.90 Å². The monoisotopic (exact) mass is 198 g/mol. The molecule has 3 heteroatoms. The van der Waals surface area contributed by atoms with Crippen LogP contribution in [0.5, 0.6) is 0 Å². The molecule has 0 saturated heterocycles. The fourth-order valence-electron chi connectivity index (χ4n) is 1.86. The minimum absolute atomic E-state index is 0.168. The minimum atomic E-state index is -0.432. The zero-order valence-corrected chi connectivity index (χ0v) is 9.24. The van der Waals surface area contributed by atoms with Crippen LogP contribution in [0, 0.1) is 0 Å². The Morgan fingerprint density at radius 1 is 1.64 bits per heavy atom. The number of nitrogens with two attached hydrogens (primary N) is 1. The molecule has 0 bridgehead atoms. The van der Waals surface area contributed by atoms with E-state index in [-0.39, 0.29) is 6.04 Å². The molecule has 0 aliphatic carbocycles. The maximum Gasteiger partial charge on any atom is 0.0701 e. The van der Waals surface area contributed by atoms with Gasteiger partial charge in [-0.05, 0) is 26.3 Å². The van der Waals surface area contributed by atoms with E-state index in [0.29, 0.717) is 0 Å². The lowest BCUT2D eigenvalue weighted by Crippen LogP contribution is -2.39. The Balaban J connectivity index is 2.44. The third-order valence-corrected chi connectivity index (χ3v) is 2.82. The van der Waals surface area contributed by atoms with Crippen molar-refractivity contribution in [2.45, 2.75) is 38.8 Å². The van der Waals surface area contributed by atoms with Gasteiger partial charge in [-0.1, -0.05) is 18.6 Å². The summed E-state index contributed by atoms with van der Waals surface area (Å²) in [5, 5.41) is 9.36. The predicted molar refractivity (Wildman–Crippen MR) is 59.1 cm³/mol. The molecule has 0 fully saturated rings. The molecule has 0 aromatic carbocycles. The molecule has 0 radical (unpaired) electrons. The topological polar surface area (TPSA) is 49.5 Å². The van der Waals surface area contributed by atoms with Crippen LogP contribution in [0.15, 0.2) is 11.6 Å². The molecule has 0 aromatic heterocycles. The quantitative estimate of drug-likeness (QED) is 0.655. The number of nitrogens with zero attached hydrogens (tertiary/aromatic N) is 1. The number of aliphatic hydroxyl groups is 1. The summed E-state index contributed by atoms with van der Waals surface area (Å²) < 4.78 is 0. The molecule has 14 heavy (non-hydrogen) atoms. The van der Waals surface area contributed by atoms with Gasteiger partial charge in [0.15, 0.2) is 0 Å². The number of rotatable bonds is 4. The molecule has 3 nitrogen and oxygen atoms in total. The predicted octanol–water partition coefficient (Wildman–Crippen LogP) is 0.737. The van der Waals surface area contributed by atoms with Crippen molar-refractivity contribution in [1.82, 2.24) is 4.90 Å². The van der Waals surface area contributed by atoms with E-state index in [1.54, 1.807) is 6.92 Å². The normalized spacial score (nSPS) is 23.0. The maximum absolute atomic E-state index is 9.36. The van der Waals surface area contributed by atoms with Crippen LogP contribution in [0.4, 0.5) is 0 Å². The highest BCUT2D eigenvalue weighted by molar-refractivity contribution is 5.15. The lowest BCUT2D eigenvalue weighted by atomic mass is 9.97. The highest BCUT2D eigenvalue weighted by Gasteiger charge is 2.18. The highest BCUT2D eigenvalue weighted by Crippen LogP contribution is 2.15. The smallest absolute Gasteiger partial charge is 0.0701 e. The van der Waals surface area contributed by atoms with Crippen molar-refractivity contribution in [3.05, 3.63) is 11.6 Å². The van der Waals surface area contributed by atoms with E-state index in [4.69, 9.17) is 5.73 Å². The van der Waals surface area contributed by atoms with E-state index in [9.17, 15) is 5.11 Å². The molecule has 2 unspecified atom stereocenters. The third kappa shape index (κ3) is 3.08. The second kappa shape index (κ2) is 5.49. The molecule has 0 aromatic rings. The van der Waals surface area contributed by atoms with Crippen LogP contribution < -0.4 is 5.73 Å². The van der Waals surface area contributed by atoms with Gasteiger partial charge in [0.1, 0.15) is 0 Å². The second-order valence-electron chi connectivity index (χ2n) is 4.10. The zero-order valence-electron chi connectivity index (χ0n) is 9.24. The first-order valence-electron chi connectivity index (χ1n) is 5.50. The molecule has 2 atom stereocenters. The van der Waals surface area contributed by atoms with E-state index < -0.39 is 6.10 Å². The van der Waals surface area contributed by atoms with Crippen molar-refractivity contribution < 1.29 is 5.11 Å². The van der Waals surface area contributed by atoms with Crippen LogP contribution in [-0.2, 0) is 0 Å². The first-order valence-corrected chi connectivity index (χ1v) is 5.50. The van der Waals surface area contributed by atoms with Gasteiger partial charge < -0.3 is 10.8 Å². The molecular weight excluding hydrogens is 176 g/mol. The molecule has 1 heterocycles. The minimum Gasteiger partial charge on any atom is -0.391 e. The highest BCUT2D eigenvalue weighted by atomic mass is 16.3. The second-order valence-corrected chi connectivity index (χ2v) is 4.10. The van der Waals surface area contributed by atoms with Crippen LogP contribution >= 0.6 is 0 Å². The third-order valence-electron chi connectivity index (χ3n) is 2.82. The van der Waals surface area contributed by atoms with Gasteiger partial charge in [0.2, 0.25) is 0 Å². The van der Waals surface area contributed by atoms with Crippen molar-refractivity contribution in [2.24, 2.45) is 5.73 Å². The molecule has 0 amide bonds. The van der Waals surface area contributed by atoms with Gasteiger partial charge >= 0.3 is 0 Å². The van der Waals surface area contributed by atoms with Gasteiger partial charge in [-0.15, -0.1) is 0 Å².